The van der Waals surface area contributed by atoms with E-state index in [1.807, 2.05) is 12.1 Å². The lowest BCUT2D eigenvalue weighted by Crippen LogP contribution is -2.48. The van der Waals surface area contributed by atoms with E-state index in [-0.39, 0.29) is 16.4 Å². The number of ether oxygens (including phenoxy) is 1. The van der Waals surface area contributed by atoms with Crippen LogP contribution < -0.4 is 20.9 Å². The lowest BCUT2D eigenvalue weighted by molar-refractivity contribution is 0.0934. The lowest BCUT2D eigenvalue weighted by Gasteiger charge is -2.19. The number of hydrazine groups is 1. The molecule has 33 heavy (non-hydrogen) atoms. The van der Waals surface area contributed by atoms with E-state index in [0.29, 0.717) is 28.0 Å². The molecule has 8 heteroatoms. The first-order chi connectivity index (χ1) is 15.6. The SMILES string of the molecule is CCCCCCOc1ccc(C(=O)NC(=S)NNC(=O)c2ccc(C(C)(C)C)cc2)cc1Br. The Balaban J connectivity index is 1.83. The number of rotatable bonds is 8. The third-order valence-corrected chi connectivity index (χ3v) is 5.80. The Kier molecular flexibility index (Phi) is 10.3. The van der Waals surface area contributed by atoms with Gasteiger partial charge in [0, 0.05) is 11.1 Å². The number of carbonyl (C=O) groups excluding carboxylic acids is 2. The molecule has 2 aromatic rings. The normalized spacial score (nSPS) is 10.9. The maximum absolute atomic E-state index is 12.5. The number of amides is 2. The molecule has 2 amide bonds. The van der Waals surface area contributed by atoms with E-state index in [2.05, 4.69) is 59.8 Å². The first kappa shape index (κ1) is 26.8. The molecule has 3 N–H and O–H groups in total. The number of halogens is 1. The molecule has 0 heterocycles. The molecule has 0 saturated heterocycles. The van der Waals surface area contributed by atoms with Crippen molar-refractivity contribution < 1.29 is 14.3 Å². The van der Waals surface area contributed by atoms with Crippen LogP contribution in [0.4, 0.5) is 0 Å². The van der Waals surface area contributed by atoms with Crippen molar-refractivity contribution >= 4 is 45.1 Å². The van der Waals surface area contributed by atoms with Crippen LogP contribution in [0.3, 0.4) is 0 Å². The van der Waals surface area contributed by atoms with Gasteiger partial charge in [-0.2, -0.15) is 0 Å². The smallest absolute Gasteiger partial charge is 0.269 e. The summed E-state index contributed by atoms with van der Waals surface area (Å²) in [5, 5.41) is 2.54. The van der Waals surface area contributed by atoms with Gasteiger partial charge < -0.3 is 4.74 Å². The van der Waals surface area contributed by atoms with Crippen LogP contribution in [-0.4, -0.2) is 23.5 Å². The van der Waals surface area contributed by atoms with Gasteiger partial charge in [-0.05, 0) is 75.9 Å². The van der Waals surface area contributed by atoms with E-state index in [4.69, 9.17) is 17.0 Å². The van der Waals surface area contributed by atoms with Gasteiger partial charge in [0.25, 0.3) is 11.8 Å². The van der Waals surface area contributed by atoms with Crippen LogP contribution in [0.2, 0.25) is 0 Å². The highest BCUT2D eigenvalue weighted by molar-refractivity contribution is 9.10. The predicted molar refractivity (Wildman–Crippen MR) is 140 cm³/mol. The van der Waals surface area contributed by atoms with Gasteiger partial charge in [-0.15, -0.1) is 0 Å². The van der Waals surface area contributed by atoms with E-state index in [0.717, 1.165) is 18.4 Å². The topological polar surface area (TPSA) is 79.5 Å². The maximum Gasteiger partial charge on any atom is 0.269 e. The summed E-state index contributed by atoms with van der Waals surface area (Å²) >= 11 is 8.57. The molecule has 0 unspecified atom stereocenters. The number of benzene rings is 2. The second kappa shape index (κ2) is 12.7. The average molecular weight is 535 g/mol. The van der Waals surface area contributed by atoms with Gasteiger partial charge in [0.05, 0.1) is 11.1 Å². The van der Waals surface area contributed by atoms with Gasteiger partial charge >= 0.3 is 0 Å². The first-order valence-corrected chi connectivity index (χ1v) is 12.3. The number of thiocarbonyl (C=S) groups is 1. The molecule has 0 aliphatic carbocycles. The van der Waals surface area contributed by atoms with Crippen LogP contribution in [-0.2, 0) is 5.41 Å². The Morgan fingerprint density at radius 2 is 1.61 bits per heavy atom. The molecule has 0 aromatic heterocycles. The Labute approximate surface area is 210 Å². The zero-order valence-electron chi connectivity index (χ0n) is 19.6. The van der Waals surface area contributed by atoms with Crippen LogP contribution in [0.1, 0.15) is 79.7 Å². The van der Waals surface area contributed by atoms with E-state index in [9.17, 15) is 9.59 Å². The Hall–Kier alpha value is -2.45. The van der Waals surface area contributed by atoms with Gasteiger partial charge in [0.1, 0.15) is 5.75 Å². The summed E-state index contributed by atoms with van der Waals surface area (Å²) in [5.74, 6) is -0.0600. The standard InChI is InChI=1S/C25H32BrN3O3S/c1-5-6-7-8-15-32-21-14-11-18(16-20(21)26)22(30)27-24(33)29-28-23(31)17-9-12-19(13-10-17)25(2,3)4/h9-14,16H,5-8,15H2,1-4H3,(H,28,31)(H2,27,29,30,33). The molecule has 0 fully saturated rings. The number of hydrogen-bond donors (Lipinski definition) is 3. The fourth-order valence-electron chi connectivity index (χ4n) is 2.98. The highest BCUT2D eigenvalue weighted by Gasteiger charge is 2.15. The summed E-state index contributed by atoms with van der Waals surface area (Å²) in [6, 6.07) is 12.4. The second-order valence-corrected chi connectivity index (χ2v) is 10.0. The lowest BCUT2D eigenvalue weighted by atomic mass is 9.87. The van der Waals surface area contributed by atoms with E-state index < -0.39 is 5.91 Å². The van der Waals surface area contributed by atoms with E-state index >= 15 is 0 Å². The number of nitrogens with one attached hydrogen (secondary N) is 3. The van der Waals surface area contributed by atoms with Gasteiger partial charge in [-0.25, -0.2) is 0 Å². The summed E-state index contributed by atoms with van der Waals surface area (Å²) < 4.78 is 6.46. The van der Waals surface area contributed by atoms with Crippen LogP contribution in [0.15, 0.2) is 46.9 Å². The molecular formula is C25H32BrN3O3S. The Morgan fingerprint density at radius 1 is 0.939 bits per heavy atom. The van der Waals surface area contributed by atoms with Crippen molar-refractivity contribution in [2.75, 3.05) is 6.61 Å². The summed E-state index contributed by atoms with van der Waals surface area (Å²) in [4.78, 5) is 24.8. The molecule has 178 valence electrons. The molecule has 6 nitrogen and oxygen atoms in total. The van der Waals surface area contributed by atoms with Gasteiger partial charge in [-0.1, -0.05) is 59.1 Å². The van der Waals surface area contributed by atoms with Crippen LogP contribution in [0.25, 0.3) is 0 Å². The quantitative estimate of drug-likeness (QED) is 0.232. The third-order valence-electron chi connectivity index (χ3n) is 4.98. The van der Waals surface area contributed by atoms with Crippen LogP contribution >= 0.6 is 28.1 Å². The Bertz CT molecular complexity index is 972. The number of unbranched alkanes of at least 4 members (excludes halogenated alkanes) is 3. The molecule has 0 aliphatic rings. The number of carbonyl (C=O) groups is 2. The maximum atomic E-state index is 12.5. The van der Waals surface area contributed by atoms with Crippen molar-refractivity contribution in [2.24, 2.45) is 0 Å². The minimum absolute atomic E-state index is 0.00700. The van der Waals surface area contributed by atoms with Crippen molar-refractivity contribution in [3.8, 4) is 5.75 Å². The summed E-state index contributed by atoms with van der Waals surface area (Å²) in [7, 11) is 0. The van der Waals surface area contributed by atoms with Gasteiger partial charge in [-0.3, -0.25) is 25.8 Å². The molecule has 0 spiro atoms. The van der Waals surface area contributed by atoms with Crippen molar-refractivity contribution in [3.05, 3.63) is 63.6 Å². The van der Waals surface area contributed by atoms with Gasteiger partial charge in [0.15, 0.2) is 5.11 Å². The number of hydrogen-bond acceptors (Lipinski definition) is 4. The fourth-order valence-corrected chi connectivity index (χ4v) is 3.62. The molecule has 0 bridgehead atoms. The molecule has 2 rings (SSSR count). The van der Waals surface area contributed by atoms with Crippen LogP contribution in [0, 0.1) is 0 Å². The third kappa shape index (κ3) is 8.78. The zero-order valence-corrected chi connectivity index (χ0v) is 22.0. The molecule has 2 aromatic carbocycles. The van der Waals surface area contributed by atoms with E-state index in [1.165, 1.54) is 12.8 Å². The van der Waals surface area contributed by atoms with Crippen LogP contribution in [0.5, 0.6) is 5.75 Å². The monoisotopic (exact) mass is 533 g/mol. The predicted octanol–water partition coefficient (Wildman–Crippen LogP) is 5.66. The summed E-state index contributed by atoms with van der Waals surface area (Å²) in [6.45, 7) is 9.13. The first-order valence-electron chi connectivity index (χ1n) is 11.1. The van der Waals surface area contributed by atoms with Crippen molar-refractivity contribution in [2.45, 2.75) is 58.8 Å². The minimum Gasteiger partial charge on any atom is -0.492 e. The molecule has 0 atom stereocenters. The minimum atomic E-state index is -0.397. The average Bonchev–Trinajstić information content (AvgIpc) is 2.77. The van der Waals surface area contributed by atoms with Crippen molar-refractivity contribution in [1.29, 1.82) is 0 Å². The summed E-state index contributed by atoms with van der Waals surface area (Å²) in [6.07, 6.45) is 4.51. The van der Waals surface area contributed by atoms with Gasteiger partial charge in [0.2, 0.25) is 0 Å². The van der Waals surface area contributed by atoms with Crippen molar-refractivity contribution in [3.63, 3.8) is 0 Å². The zero-order chi connectivity index (χ0) is 24.4. The molecule has 0 saturated carbocycles. The van der Waals surface area contributed by atoms with Crippen molar-refractivity contribution in [1.82, 2.24) is 16.2 Å². The molecule has 0 radical (unpaired) electrons. The summed E-state index contributed by atoms with van der Waals surface area (Å²) in [5.41, 5.74) is 7.09. The Morgan fingerprint density at radius 3 is 2.21 bits per heavy atom. The van der Waals surface area contributed by atoms with E-state index in [1.54, 1.807) is 30.3 Å². The molecule has 0 aliphatic heterocycles. The highest BCUT2D eigenvalue weighted by atomic mass is 79.9. The fraction of sp³-hybridized carbons (Fsp3) is 0.400. The molecular weight excluding hydrogens is 502 g/mol. The highest BCUT2D eigenvalue weighted by Crippen LogP contribution is 2.26. The second-order valence-electron chi connectivity index (χ2n) is 8.74. The largest absolute Gasteiger partial charge is 0.492 e.